The number of benzene rings is 1. The van der Waals surface area contributed by atoms with E-state index in [1.54, 1.807) is 7.11 Å². The molecule has 2 atom stereocenters. The Hall–Kier alpha value is -1.80. The Labute approximate surface area is 205 Å². The predicted molar refractivity (Wildman–Crippen MR) is 130 cm³/mol. The first-order valence-corrected chi connectivity index (χ1v) is 12.6. The maximum Gasteiger partial charge on any atom is 0.407 e. The third kappa shape index (κ3) is 6.85. The smallest absolute Gasteiger partial charge is 0.407 e. The quantitative estimate of drug-likeness (QED) is 0.579. The van der Waals surface area contributed by atoms with E-state index in [0.29, 0.717) is 32.4 Å². The summed E-state index contributed by atoms with van der Waals surface area (Å²) >= 11 is 3.54. The van der Waals surface area contributed by atoms with Crippen molar-refractivity contribution >= 4 is 27.9 Å². The van der Waals surface area contributed by atoms with Gasteiger partial charge in [0.15, 0.2) is 0 Å². The van der Waals surface area contributed by atoms with Crippen molar-refractivity contribution in [2.75, 3.05) is 20.2 Å². The van der Waals surface area contributed by atoms with Crippen LogP contribution in [0.5, 0.6) is 5.75 Å². The number of alkyl carbamates (subject to hydrolysis) is 1. The maximum absolute atomic E-state index is 13.2. The highest BCUT2D eigenvalue weighted by atomic mass is 79.9. The van der Waals surface area contributed by atoms with Crippen LogP contribution in [-0.4, -0.2) is 59.5 Å². The number of ether oxygens (including phenoxy) is 2. The molecule has 2 fully saturated rings. The van der Waals surface area contributed by atoms with Gasteiger partial charge in [0.05, 0.1) is 23.6 Å². The molecule has 8 heteroatoms. The van der Waals surface area contributed by atoms with Crippen molar-refractivity contribution in [1.82, 2.24) is 10.2 Å². The minimum absolute atomic E-state index is 0.00827. The molecule has 7 nitrogen and oxygen atoms in total. The van der Waals surface area contributed by atoms with E-state index in [9.17, 15) is 14.7 Å². The first-order chi connectivity index (χ1) is 15.5. The fraction of sp³-hybridized carbons (Fsp3) is 0.680. The number of rotatable bonds is 5. The molecule has 2 unspecified atom stereocenters. The van der Waals surface area contributed by atoms with Gasteiger partial charge in [-0.3, -0.25) is 4.79 Å². The number of likely N-dealkylation sites (tertiary alicyclic amines) is 1. The Morgan fingerprint density at radius 2 is 1.91 bits per heavy atom. The average Bonchev–Trinajstić information content (AvgIpc) is 2.73. The molecule has 1 heterocycles. The standard InChI is InChI=1S/C25H37BrN2O5/c1-24(2,3)33-23(30)27-18-10-13-28(14-11-18)22(29)16-25(31)12-6-5-7-19(25)17-8-9-21(32-4)20(26)15-17/h8-9,15,18-19,31H,5-7,10-14,16H2,1-4H3,(H,27,30). The van der Waals surface area contributed by atoms with Gasteiger partial charge < -0.3 is 24.8 Å². The molecule has 1 aromatic carbocycles. The van der Waals surface area contributed by atoms with Crippen molar-refractivity contribution < 1.29 is 24.2 Å². The molecule has 1 aliphatic carbocycles. The third-order valence-electron chi connectivity index (χ3n) is 6.61. The SMILES string of the molecule is COc1ccc(C2CCCCC2(O)CC(=O)N2CCC(NC(=O)OC(C)(C)C)CC2)cc1Br. The Morgan fingerprint density at radius 1 is 1.21 bits per heavy atom. The third-order valence-corrected chi connectivity index (χ3v) is 7.22. The molecular weight excluding hydrogens is 488 g/mol. The van der Waals surface area contributed by atoms with E-state index in [-0.39, 0.29) is 24.3 Å². The summed E-state index contributed by atoms with van der Waals surface area (Å²) in [4.78, 5) is 27.0. The lowest BCUT2D eigenvalue weighted by Crippen LogP contribution is -2.50. The van der Waals surface area contributed by atoms with Crippen LogP contribution in [0, 0.1) is 0 Å². The van der Waals surface area contributed by atoms with Gasteiger partial charge in [-0.05, 0) is 80.1 Å². The van der Waals surface area contributed by atoms with Crippen LogP contribution in [0.4, 0.5) is 4.79 Å². The second-order valence-electron chi connectivity index (χ2n) is 10.3. The molecule has 0 spiro atoms. The van der Waals surface area contributed by atoms with Crippen LogP contribution < -0.4 is 10.1 Å². The van der Waals surface area contributed by atoms with Crippen molar-refractivity contribution in [3.8, 4) is 5.75 Å². The zero-order valence-corrected chi connectivity index (χ0v) is 21.7. The molecule has 1 saturated heterocycles. The molecular formula is C25H37BrN2O5. The van der Waals surface area contributed by atoms with Crippen molar-refractivity contribution in [2.24, 2.45) is 0 Å². The predicted octanol–water partition coefficient (Wildman–Crippen LogP) is 4.75. The van der Waals surface area contributed by atoms with Crippen LogP contribution in [0.2, 0.25) is 0 Å². The van der Waals surface area contributed by atoms with Gasteiger partial charge in [-0.1, -0.05) is 18.9 Å². The number of nitrogens with one attached hydrogen (secondary N) is 1. The summed E-state index contributed by atoms with van der Waals surface area (Å²) < 4.78 is 11.5. The van der Waals surface area contributed by atoms with Gasteiger partial charge in [-0.2, -0.15) is 0 Å². The molecule has 0 radical (unpaired) electrons. The van der Waals surface area contributed by atoms with Crippen molar-refractivity contribution in [2.45, 2.75) is 88.9 Å². The number of carbonyl (C=O) groups excluding carboxylic acids is 2. The average molecular weight is 525 g/mol. The first kappa shape index (κ1) is 25.8. The maximum atomic E-state index is 13.2. The number of carbonyl (C=O) groups is 2. The fourth-order valence-electron chi connectivity index (χ4n) is 4.93. The molecule has 1 aliphatic heterocycles. The number of nitrogens with zero attached hydrogens (tertiary/aromatic N) is 1. The Kier molecular flexibility index (Phi) is 8.32. The second-order valence-corrected chi connectivity index (χ2v) is 11.1. The zero-order valence-electron chi connectivity index (χ0n) is 20.2. The first-order valence-electron chi connectivity index (χ1n) is 11.8. The summed E-state index contributed by atoms with van der Waals surface area (Å²) in [5.41, 5.74) is -0.570. The van der Waals surface area contributed by atoms with E-state index < -0.39 is 17.3 Å². The van der Waals surface area contributed by atoms with E-state index >= 15 is 0 Å². The van der Waals surface area contributed by atoms with Gasteiger partial charge in [0.2, 0.25) is 5.91 Å². The monoisotopic (exact) mass is 524 g/mol. The van der Waals surface area contributed by atoms with Crippen LogP contribution in [-0.2, 0) is 9.53 Å². The number of halogens is 1. The second kappa shape index (κ2) is 10.6. The molecule has 33 heavy (non-hydrogen) atoms. The number of amides is 2. The summed E-state index contributed by atoms with van der Waals surface area (Å²) in [5, 5.41) is 14.5. The molecule has 184 valence electrons. The molecule has 2 aliphatic rings. The minimum atomic E-state index is -1.06. The molecule has 2 amide bonds. The van der Waals surface area contributed by atoms with Crippen LogP contribution in [0.3, 0.4) is 0 Å². The van der Waals surface area contributed by atoms with Crippen LogP contribution in [0.15, 0.2) is 22.7 Å². The van der Waals surface area contributed by atoms with Gasteiger partial charge in [0.25, 0.3) is 0 Å². The fourth-order valence-corrected chi connectivity index (χ4v) is 5.49. The highest BCUT2D eigenvalue weighted by Crippen LogP contribution is 2.44. The molecule has 1 aromatic rings. The molecule has 3 rings (SSSR count). The highest BCUT2D eigenvalue weighted by molar-refractivity contribution is 9.10. The van der Waals surface area contributed by atoms with Gasteiger partial charge >= 0.3 is 6.09 Å². The molecule has 1 saturated carbocycles. The molecule has 2 N–H and O–H groups in total. The largest absolute Gasteiger partial charge is 0.496 e. The minimum Gasteiger partial charge on any atom is -0.496 e. The molecule has 0 aromatic heterocycles. The van der Waals surface area contributed by atoms with E-state index in [4.69, 9.17) is 9.47 Å². The normalized spacial score (nSPS) is 24.3. The topological polar surface area (TPSA) is 88.1 Å². The summed E-state index contributed by atoms with van der Waals surface area (Å²) in [5.74, 6) is 0.633. The number of piperidine rings is 1. The highest BCUT2D eigenvalue weighted by Gasteiger charge is 2.42. The van der Waals surface area contributed by atoms with Crippen LogP contribution >= 0.6 is 15.9 Å². The summed E-state index contributed by atoms with van der Waals surface area (Å²) in [7, 11) is 1.63. The van der Waals surface area contributed by atoms with Crippen molar-refractivity contribution in [1.29, 1.82) is 0 Å². The summed E-state index contributed by atoms with van der Waals surface area (Å²) in [6, 6.07) is 5.88. The van der Waals surface area contributed by atoms with E-state index in [2.05, 4.69) is 21.2 Å². The Balaban J connectivity index is 1.59. The van der Waals surface area contributed by atoms with E-state index in [0.717, 1.165) is 35.0 Å². The van der Waals surface area contributed by atoms with Crippen molar-refractivity contribution in [3.05, 3.63) is 28.2 Å². The van der Waals surface area contributed by atoms with Gasteiger partial charge in [-0.25, -0.2) is 4.79 Å². The number of methoxy groups -OCH3 is 1. The van der Waals surface area contributed by atoms with Crippen molar-refractivity contribution in [3.63, 3.8) is 0 Å². The lowest BCUT2D eigenvalue weighted by molar-refractivity contribution is -0.140. The van der Waals surface area contributed by atoms with Gasteiger partial charge in [0.1, 0.15) is 11.4 Å². The van der Waals surface area contributed by atoms with Crippen LogP contribution in [0.1, 0.15) is 77.2 Å². The summed E-state index contributed by atoms with van der Waals surface area (Å²) in [6.45, 7) is 6.63. The van der Waals surface area contributed by atoms with Gasteiger partial charge in [-0.15, -0.1) is 0 Å². The lowest BCUT2D eigenvalue weighted by atomic mass is 9.70. The van der Waals surface area contributed by atoms with Crippen LogP contribution in [0.25, 0.3) is 0 Å². The zero-order chi connectivity index (χ0) is 24.2. The van der Waals surface area contributed by atoms with Gasteiger partial charge in [0, 0.05) is 25.0 Å². The Morgan fingerprint density at radius 3 is 2.52 bits per heavy atom. The van der Waals surface area contributed by atoms with E-state index in [1.807, 2.05) is 43.9 Å². The number of aliphatic hydroxyl groups is 1. The summed E-state index contributed by atoms with van der Waals surface area (Å²) in [6.07, 6.45) is 4.47. The number of hydrogen-bond acceptors (Lipinski definition) is 5. The number of hydrogen-bond donors (Lipinski definition) is 2. The molecule has 0 bridgehead atoms. The van der Waals surface area contributed by atoms with E-state index in [1.165, 1.54) is 0 Å². The Bertz CT molecular complexity index is 848. The lowest BCUT2D eigenvalue weighted by Gasteiger charge is -2.42.